The smallest absolute Gasteiger partial charge is 0.237 e. The van der Waals surface area contributed by atoms with Gasteiger partial charge in [0, 0.05) is 43.0 Å². The Labute approximate surface area is 152 Å². The quantitative estimate of drug-likeness (QED) is 0.801. The second-order valence-electron chi connectivity index (χ2n) is 6.80. The van der Waals surface area contributed by atoms with E-state index in [-0.39, 0.29) is 11.8 Å². The Morgan fingerprint density at radius 3 is 2.92 bits per heavy atom. The number of nitrogens with two attached hydrogens (primary N) is 1. The van der Waals surface area contributed by atoms with Gasteiger partial charge in [-0.25, -0.2) is 0 Å². The predicted octanol–water partition coefficient (Wildman–Crippen LogP) is 2.15. The van der Waals surface area contributed by atoms with Crippen LogP contribution in [-0.2, 0) is 9.53 Å². The monoisotopic (exact) mass is 395 g/mol. The molecule has 2 heterocycles. The molecule has 0 aromatic heterocycles. The summed E-state index contributed by atoms with van der Waals surface area (Å²) >= 11 is 3.52. The van der Waals surface area contributed by atoms with E-state index in [4.69, 9.17) is 10.5 Å². The SMILES string of the molecule is NC(C(=O)NCC1CCN(c2cccc(Br)c2)C1)C1CCOCC1. The summed E-state index contributed by atoms with van der Waals surface area (Å²) in [5.41, 5.74) is 7.36. The van der Waals surface area contributed by atoms with Crippen LogP contribution in [-0.4, -0.2) is 44.8 Å². The van der Waals surface area contributed by atoms with E-state index in [1.165, 1.54) is 5.69 Å². The fourth-order valence-electron chi connectivity index (χ4n) is 3.56. The lowest BCUT2D eigenvalue weighted by Crippen LogP contribution is -2.48. The van der Waals surface area contributed by atoms with Crippen molar-refractivity contribution in [1.82, 2.24) is 5.32 Å². The Morgan fingerprint density at radius 1 is 1.38 bits per heavy atom. The van der Waals surface area contributed by atoms with E-state index >= 15 is 0 Å². The third-order valence-electron chi connectivity index (χ3n) is 5.10. The highest BCUT2D eigenvalue weighted by Crippen LogP contribution is 2.26. The summed E-state index contributed by atoms with van der Waals surface area (Å²) < 4.78 is 6.43. The van der Waals surface area contributed by atoms with Gasteiger partial charge in [-0.15, -0.1) is 0 Å². The average molecular weight is 396 g/mol. The zero-order valence-electron chi connectivity index (χ0n) is 13.9. The van der Waals surface area contributed by atoms with E-state index < -0.39 is 6.04 Å². The van der Waals surface area contributed by atoms with E-state index in [1.807, 2.05) is 6.07 Å². The number of anilines is 1. The third-order valence-corrected chi connectivity index (χ3v) is 5.59. The van der Waals surface area contributed by atoms with Crippen molar-refractivity contribution in [3.8, 4) is 0 Å². The fraction of sp³-hybridized carbons (Fsp3) is 0.611. The number of amides is 1. The van der Waals surface area contributed by atoms with Gasteiger partial charge >= 0.3 is 0 Å². The van der Waals surface area contributed by atoms with Crippen LogP contribution in [0.15, 0.2) is 28.7 Å². The molecule has 2 aliphatic rings. The number of ether oxygens (including phenoxy) is 1. The van der Waals surface area contributed by atoms with Crippen LogP contribution in [0.4, 0.5) is 5.69 Å². The third kappa shape index (κ3) is 4.49. The fourth-order valence-corrected chi connectivity index (χ4v) is 3.95. The van der Waals surface area contributed by atoms with Crippen LogP contribution >= 0.6 is 15.9 Å². The first-order valence-electron chi connectivity index (χ1n) is 8.75. The highest BCUT2D eigenvalue weighted by molar-refractivity contribution is 9.10. The molecule has 2 unspecified atom stereocenters. The van der Waals surface area contributed by atoms with Crippen molar-refractivity contribution in [2.45, 2.75) is 25.3 Å². The molecule has 6 heteroatoms. The Kier molecular flexibility index (Phi) is 6.14. The van der Waals surface area contributed by atoms with Crippen molar-refractivity contribution in [3.63, 3.8) is 0 Å². The summed E-state index contributed by atoms with van der Waals surface area (Å²) in [5, 5.41) is 3.06. The zero-order valence-corrected chi connectivity index (χ0v) is 15.5. The zero-order chi connectivity index (χ0) is 16.9. The Bertz CT molecular complexity index is 563. The van der Waals surface area contributed by atoms with Gasteiger partial charge in [0.05, 0.1) is 6.04 Å². The lowest BCUT2D eigenvalue weighted by molar-refractivity contribution is -0.124. The molecule has 2 saturated heterocycles. The number of hydrogen-bond acceptors (Lipinski definition) is 4. The molecule has 0 saturated carbocycles. The summed E-state index contributed by atoms with van der Waals surface area (Å²) in [6.07, 6.45) is 2.86. The normalized spacial score (nSPS) is 23.2. The molecular weight excluding hydrogens is 370 g/mol. The van der Waals surface area contributed by atoms with Crippen molar-refractivity contribution in [1.29, 1.82) is 0 Å². The number of nitrogens with zero attached hydrogens (tertiary/aromatic N) is 1. The molecule has 2 fully saturated rings. The highest BCUT2D eigenvalue weighted by Gasteiger charge is 2.28. The largest absolute Gasteiger partial charge is 0.381 e. The molecule has 1 aromatic rings. The van der Waals surface area contributed by atoms with Gasteiger partial charge in [-0.05, 0) is 49.3 Å². The van der Waals surface area contributed by atoms with E-state index in [0.29, 0.717) is 12.5 Å². The van der Waals surface area contributed by atoms with Gasteiger partial charge in [0.1, 0.15) is 0 Å². The van der Waals surface area contributed by atoms with Crippen molar-refractivity contribution in [2.24, 2.45) is 17.6 Å². The Balaban J connectivity index is 1.44. The average Bonchev–Trinajstić information content (AvgIpc) is 3.09. The molecule has 2 aliphatic heterocycles. The predicted molar refractivity (Wildman–Crippen MR) is 99.0 cm³/mol. The van der Waals surface area contributed by atoms with Crippen LogP contribution in [0.3, 0.4) is 0 Å². The van der Waals surface area contributed by atoms with Crippen LogP contribution in [0, 0.1) is 11.8 Å². The minimum absolute atomic E-state index is 0.0113. The summed E-state index contributed by atoms with van der Waals surface area (Å²) in [6, 6.07) is 7.96. The second kappa shape index (κ2) is 8.32. The van der Waals surface area contributed by atoms with Gasteiger partial charge in [0.2, 0.25) is 5.91 Å². The molecule has 0 aliphatic carbocycles. The number of hydrogen-bond donors (Lipinski definition) is 2. The van der Waals surface area contributed by atoms with Crippen LogP contribution in [0.5, 0.6) is 0 Å². The first kappa shape index (κ1) is 17.7. The van der Waals surface area contributed by atoms with Crippen molar-refractivity contribution < 1.29 is 9.53 Å². The first-order chi connectivity index (χ1) is 11.6. The van der Waals surface area contributed by atoms with Crippen LogP contribution in [0.1, 0.15) is 19.3 Å². The van der Waals surface area contributed by atoms with Crippen LogP contribution in [0.2, 0.25) is 0 Å². The van der Waals surface area contributed by atoms with Crippen molar-refractivity contribution >= 4 is 27.5 Å². The van der Waals surface area contributed by atoms with E-state index in [9.17, 15) is 4.79 Å². The van der Waals surface area contributed by atoms with Crippen molar-refractivity contribution in [3.05, 3.63) is 28.7 Å². The maximum Gasteiger partial charge on any atom is 0.237 e. The second-order valence-corrected chi connectivity index (χ2v) is 7.72. The summed E-state index contributed by atoms with van der Waals surface area (Å²) in [5.74, 6) is 0.720. The number of halogens is 1. The van der Waals surface area contributed by atoms with Gasteiger partial charge in [-0.1, -0.05) is 22.0 Å². The number of nitrogens with one attached hydrogen (secondary N) is 1. The molecule has 3 N–H and O–H groups in total. The first-order valence-corrected chi connectivity index (χ1v) is 9.54. The summed E-state index contributed by atoms with van der Waals surface area (Å²) in [6.45, 7) is 4.15. The topological polar surface area (TPSA) is 67.6 Å². The summed E-state index contributed by atoms with van der Waals surface area (Å²) in [7, 11) is 0. The Hall–Kier alpha value is -1.11. The Morgan fingerprint density at radius 2 is 2.17 bits per heavy atom. The number of carbonyl (C=O) groups is 1. The maximum absolute atomic E-state index is 12.3. The summed E-state index contributed by atoms with van der Waals surface area (Å²) in [4.78, 5) is 14.7. The van der Waals surface area contributed by atoms with Crippen LogP contribution < -0.4 is 16.0 Å². The molecule has 24 heavy (non-hydrogen) atoms. The molecule has 0 radical (unpaired) electrons. The number of benzene rings is 1. The molecule has 0 spiro atoms. The highest BCUT2D eigenvalue weighted by atomic mass is 79.9. The molecule has 0 bridgehead atoms. The minimum atomic E-state index is -0.406. The van der Waals surface area contributed by atoms with Crippen molar-refractivity contribution in [2.75, 3.05) is 37.7 Å². The minimum Gasteiger partial charge on any atom is -0.381 e. The molecule has 1 amide bonds. The van der Waals surface area contributed by atoms with E-state index in [1.54, 1.807) is 0 Å². The molecule has 2 atom stereocenters. The van der Waals surface area contributed by atoms with Gasteiger partial charge in [-0.2, -0.15) is 0 Å². The van der Waals surface area contributed by atoms with E-state index in [0.717, 1.165) is 50.0 Å². The molecule has 5 nitrogen and oxygen atoms in total. The lowest BCUT2D eigenvalue weighted by Gasteiger charge is -2.27. The van der Waals surface area contributed by atoms with Gasteiger partial charge in [-0.3, -0.25) is 4.79 Å². The molecular formula is C18H26BrN3O2. The maximum atomic E-state index is 12.3. The standard InChI is InChI=1S/C18H26BrN3O2/c19-15-2-1-3-16(10-15)22-7-4-13(12-22)11-21-18(23)17(20)14-5-8-24-9-6-14/h1-3,10,13-14,17H,4-9,11-12,20H2,(H,21,23). The molecule has 3 rings (SSSR count). The van der Waals surface area contributed by atoms with Crippen LogP contribution in [0.25, 0.3) is 0 Å². The van der Waals surface area contributed by atoms with Gasteiger partial charge < -0.3 is 20.7 Å². The van der Waals surface area contributed by atoms with Gasteiger partial charge in [0.25, 0.3) is 0 Å². The van der Waals surface area contributed by atoms with E-state index in [2.05, 4.69) is 44.3 Å². The number of carbonyl (C=O) groups excluding carboxylic acids is 1. The molecule has 1 aromatic carbocycles. The van der Waals surface area contributed by atoms with Gasteiger partial charge in [0.15, 0.2) is 0 Å². The molecule has 132 valence electrons. The lowest BCUT2D eigenvalue weighted by atomic mass is 9.92. The number of rotatable bonds is 5.